The lowest BCUT2D eigenvalue weighted by Crippen LogP contribution is -2.37. The van der Waals surface area contributed by atoms with E-state index in [0.29, 0.717) is 11.3 Å². The Hall–Kier alpha value is -1.83. The Morgan fingerprint density at radius 2 is 2.10 bits per heavy atom. The molecule has 5 nitrogen and oxygen atoms in total. The van der Waals surface area contributed by atoms with Gasteiger partial charge in [-0.05, 0) is 12.5 Å². The van der Waals surface area contributed by atoms with Gasteiger partial charge in [-0.3, -0.25) is 9.59 Å². The number of amides is 1. The highest BCUT2D eigenvalue weighted by molar-refractivity contribution is 5.93. The smallest absolute Gasteiger partial charge is 0.324 e. The summed E-state index contributed by atoms with van der Waals surface area (Å²) in [5.41, 5.74) is 0.608. The Balaban J connectivity index is 2.18. The molecule has 2 rings (SSSR count). The van der Waals surface area contributed by atoms with Gasteiger partial charge >= 0.3 is 6.18 Å². The first-order valence-electron chi connectivity index (χ1n) is 6.45. The van der Waals surface area contributed by atoms with E-state index < -0.39 is 23.9 Å². The molecule has 21 heavy (non-hydrogen) atoms. The fourth-order valence-electron chi connectivity index (χ4n) is 2.38. The van der Waals surface area contributed by atoms with Crippen molar-refractivity contribution in [1.82, 2.24) is 9.88 Å². The monoisotopic (exact) mass is 303 g/mol. The zero-order valence-corrected chi connectivity index (χ0v) is 11.6. The number of nitrogens with one attached hydrogen (secondary N) is 2. The summed E-state index contributed by atoms with van der Waals surface area (Å²) in [5, 5.41) is 5.08. The molecular formula is C13H16F3N3O2. The van der Waals surface area contributed by atoms with Crippen molar-refractivity contribution in [3.8, 4) is 0 Å². The van der Waals surface area contributed by atoms with Crippen LogP contribution in [0.25, 0.3) is 0 Å². The third-order valence-corrected chi connectivity index (χ3v) is 3.66. The number of alkyl halides is 3. The Kier molecular flexibility index (Phi) is 4.08. The van der Waals surface area contributed by atoms with Crippen LogP contribution in [0, 0.1) is 18.8 Å². The average Bonchev–Trinajstić information content (AvgIpc) is 2.85. The van der Waals surface area contributed by atoms with Crippen LogP contribution >= 0.6 is 0 Å². The molecule has 1 fully saturated rings. The van der Waals surface area contributed by atoms with Crippen LogP contribution in [-0.2, 0) is 11.8 Å². The van der Waals surface area contributed by atoms with Crippen LogP contribution in [0.3, 0.4) is 0 Å². The molecule has 8 heteroatoms. The van der Waals surface area contributed by atoms with Crippen molar-refractivity contribution in [3.05, 3.63) is 28.2 Å². The Bertz CT molecular complexity index is 610. The summed E-state index contributed by atoms with van der Waals surface area (Å²) in [6, 6.07) is 1.32. The molecule has 1 aromatic heterocycles. The van der Waals surface area contributed by atoms with Gasteiger partial charge in [0.2, 0.25) is 5.91 Å². The Morgan fingerprint density at radius 1 is 1.43 bits per heavy atom. The lowest BCUT2D eigenvalue weighted by molar-refractivity contribution is -0.181. The first-order chi connectivity index (χ1) is 9.70. The molecule has 116 valence electrons. The molecule has 1 amide bonds. The normalized spacial score (nSPS) is 22.3. The molecule has 1 aliphatic heterocycles. The fourth-order valence-corrected chi connectivity index (χ4v) is 2.38. The molecule has 0 bridgehead atoms. The summed E-state index contributed by atoms with van der Waals surface area (Å²) >= 11 is 0. The van der Waals surface area contributed by atoms with Crippen LogP contribution < -0.4 is 16.2 Å². The van der Waals surface area contributed by atoms with Gasteiger partial charge < -0.3 is 15.2 Å². The topological polar surface area (TPSA) is 63.1 Å². The van der Waals surface area contributed by atoms with Gasteiger partial charge in [-0.25, -0.2) is 0 Å². The molecule has 1 saturated heterocycles. The Morgan fingerprint density at radius 3 is 2.71 bits per heavy atom. The maximum Gasteiger partial charge on any atom is 0.393 e. The largest absolute Gasteiger partial charge is 0.393 e. The van der Waals surface area contributed by atoms with Gasteiger partial charge in [-0.15, -0.1) is 0 Å². The molecule has 0 saturated carbocycles. The van der Waals surface area contributed by atoms with Crippen molar-refractivity contribution in [2.24, 2.45) is 18.9 Å². The van der Waals surface area contributed by atoms with Gasteiger partial charge in [0, 0.05) is 32.4 Å². The van der Waals surface area contributed by atoms with Crippen LogP contribution in [0.1, 0.15) is 5.56 Å². The number of aryl methyl sites for hydroxylation is 2. The first-order valence-corrected chi connectivity index (χ1v) is 6.45. The predicted molar refractivity (Wildman–Crippen MR) is 71.0 cm³/mol. The number of carbonyl (C=O) groups excluding carboxylic acids is 1. The highest BCUT2D eigenvalue weighted by atomic mass is 19.4. The lowest BCUT2D eigenvalue weighted by atomic mass is 9.94. The zero-order valence-electron chi connectivity index (χ0n) is 11.6. The summed E-state index contributed by atoms with van der Waals surface area (Å²) in [7, 11) is 1.51. The maximum absolute atomic E-state index is 12.8. The molecule has 0 spiro atoms. The third kappa shape index (κ3) is 3.26. The summed E-state index contributed by atoms with van der Waals surface area (Å²) in [6.45, 7) is 1.35. The van der Waals surface area contributed by atoms with Crippen molar-refractivity contribution in [1.29, 1.82) is 0 Å². The third-order valence-electron chi connectivity index (χ3n) is 3.66. The SMILES string of the molecule is Cc1cc(=O)n(C)cc1NC(=O)[C@@H]1CNC[C@H]1C(F)(F)F. The van der Waals surface area contributed by atoms with Gasteiger partial charge in [0.15, 0.2) is 0 Å². The van der Waals surface area contributed by atoms with Crippen LogP contribution in [-0.4, -0.2) is 29.7 Å². The quantitative estimate of drug-likeness (QED) is 0.858. The minimum atomic E-state index is -4.41. The summed E-state index contributed by atoms with van der Waals surface area (Å²) < 4.78 is 39.8. The number of aromatic nitrogens is 1. The van der Waals surface area contributed by atoms with Gasteiger partial charge in [-0.1, -0.05) is 0 Å². The first kappa shape index (κ1) is 15.6. The minimum absolute atomic E-state index is 0.0131. The highest BCUT2D eigenvalue weighted by Gasteiger charge is 2.49. The molecule has 2 heterocycles. The Labute approximate surface area is 119 Å². The van der Waals surface area contributed by atoms with E-state index in [2.05, 4.69) is 10.6 Å². The van der Waals surface area contributed by atoms with Crippen LogP contribution in [0.2, 0.25) is 0 Å². The summed E-state index contributed by atoms with van der Waals surface area (Å²) in [4.78, 5) is 23.5. The van der Waals surface area contributed by atoms with E-state index >= 15 is 0 Å². The number of rotatable bonds is 2. The molecule has 1 aliphatic rings. The second kappa shape index (κ2) is 5.51. The number of carbonyl (C=O) groups is 1. The number of halogens is 3. The number of hydrogen-bond donors (Lipinski definition) is 2. The van der Waals surface area contributed by atoms with E-state index in [1.165, 1.54) is 23.9 Å². The summed E-state index contributed by atoms with van der Waals surface area (Å²) in [6.07, 6.45) is -3.01. The zero-order chi connectivity index (χ0) is 15.8. The van der Waals surface area contributed by atoms with Gasteiger partial charge in [0.05, 0.1) is 17.5 Å². The second-order valence-corrected chi connectivity index (χ2v) is 5.22. The van der Waals surface area contributed by atoms with Crippen molar-refractivity contribution in [2.75, 3.05) is 18.4 Å². The number of anilines is 1. The lowest BCUT2D eigenvalue weighted by Gasteiger charge is -2.21. The molecule has 1 aromatic rings. The van der Waals surface area contributed by atoms with Crippen molar-refractivity contribution < 1.29 is 18.0 Å². The van der Waals surface area contributed by atoms with Gasteiger partial charge in [0.1, 0.15) is 0 Å². The second-order valence-electron chi connectivity index (χ2n) is 5.22. The van der Waals surface area contributed by atoms with E-state index in [0.717, 1.165) is 0 Å². The fraction of sp³-hybridized carbons (Fsp3) is 0.538. The number of nitrogens with zero attached hydrogens (tertiary/aromatic N) is 1. The van der Waals surface area contributed by atoms with Crippen molar-refractivity contribution in [3.63, 3.8) is 0 Å². The average molecular weight is 303 g/mol. The van der Waals surface area contributed by atoms with Crippen LogP contribution in [0.4, 0.5) is 18.9 Å². The van der Waals surface area contributed by atoms with E-state index in [4.69, 9.17) is 0 Å². The predicted octanol–water partition coefficient (Wildman–Crippen LogP) is 1.03. The highest BCUT2D eigenvalue weighted by Crippen LogP contribution is 2.35. The van der Waals surface area contributed by atoms with Crippen LogP contribution in [0.15, 0.2) is 17.1 Å². The van der Waals surface area contributed by atoms with E-state index in [1.54, 1.807) is 6.92 Å². The molecule has 0 aromatic carbocycles. The van der Waals surface area contributed by atoms with E-state index in [1.807, 2.05) is 0 Å². The van der Waals surface area contributed by atoms with Gasteiger partial charge in [-0.2, -0.15) is 13.2 Å². The molecule has 0 radical (unpaired) electrons. The minimum Gasteiger partial charge on any atom is -0.324 e. The van der Waals surface area contributed by atoms with Gasteiger partial charge in [0.25, 0.3) is 5.56 Å². The number of hydrogen-bond acceptors (Lipinski definition) is 3. The molecule has 0 aliphatic carbocycles. The summed E-state index contributed by atoms with van der Waals surface area (Å²) in [5.74, 6) is -3.55. The van der Waals surface area contributed by atoms with Crippen molar-refractivity contribution in [2.45, 2.75) is 13.1 Å². The standard InChI is InChI=1S/C13H16F3N3O2/c1-7-3-11(20)19(2)6-10(7)18-12(21)8-4-17-5-9(8)13(14,15)16/h3,6,8-9,17H,4-5H2,1-2H3,(H,18,21)/t8-,9-/m1/s1. The molecule has 0 unspecified atom stereocenters. The van der Waals surface area contributed by atoms with Crippen LogP contribution in [0.5, 0.6) is 0 Å². The van der Waals surface area contributed by atoms with Crippen molar-refractivity contribution >= 4 is 11.6 Å². The molecule has 2 atom stereocenters. The molecular weight excluding hydrogens is 287 g/mol. The van der Waals surface area contributed by atoms with E-state index in [9.17, 15) is 22.8 Å². The number of pyridine rings is 1. The van der Waals surface area contributed by atoms with E-state index in [-0.39, 0.29) is 18.6 Å². The maximum atomic E-state index is 12.8. The molecule has 2 N–H and O–H groups in total.